The van der Waals surface area contributed by atoms with Crippen LogP contribution in [0.4, 0.5) is 5.82 Å². The van der Waals surface area contributed by atoms with Gasteiger partial charge in [0.1, 0.15) is 5.82 Å². The second kappa shape index (κ2) is 9.36. The van der Waals surface area contributed by atoms with E-state index in [-0.39, 0.29) is 0 Å². The average molecular weight is 390 g/mol. The summed E-state index contributed by atoms with van der Waals surface area (Å²) in [5.41, 5.74) is 2.15. The quantitative estimate of drug-likeness (QED) is 0.551. The number of hydrogen-bond acceptors (Lipinski definition) is 5. The summed E-state index contributed by atoms with van der Waals surface area (Å²) < 4.78 is 23.0. The van der Waals surface area contributed by atoms with Crippen molar-refractivity contribution in [3.05, 3.63) is 53.7 Å². The van der Waals surface area contributed by atoms with E-state index in [0.717, 1.165) is 23.4 Å². The van der Waals surface area contributed by atoms with E-state index in [4.69, 9.17) is 0 Å². The van der Waals surface area contributed by atoms with Crippen molar-refractivity contribution in [2.45, 2.75) is 17.9 Å². The van der Waals surface area contributed by atoms with E-state index in [2.05, 4.69) is 20.6 Å². The van der Waals surface area contributed by atoms with Gasteiger partial charge in [-0.25, -0.2) is 13.4 Å². The molecule has 0 unspecified atom stereocenters. The normalized spacial score (nSPS) is 11.9. The Bertz CT molecular complexity index is 877. The predicted octanol–water partition coefficient (Wildman–Crippen LogP) is 1.46. The minimum Gasteiger partial charge on any atom is -0.362 e. The lowest BCUT2D eigenvalue weighted by Gasteiger charge is -2.17. The Kier molecular flexibility index (Phi) is 7.18. The van der Waals surface area contributed by atoms with Gasteiger partial charge >= 0.3 is 0 Å². The number of pyridine rings is 1. The first-order valence-electron chi connectivity index (χ1n) is 8.66. The molecule has 0 radical (unpaired) electrons. The van der Waals surface area contributed by atoms with Crippen molar-refractivity contribution in [3.8, 4) is 0 Å². The molecule has 0 aliphatic heterocycles. The molecule has 0 spiro atoms. The van der Waals surface area contributed by atoms with Crippen LogP contribution in [-0.2, 0) is 22.8 Å². The van der Waals surface area contributed by atoms with Crippen LogP contribution in [0.2, 0.25) is 0 Å². The largest absolute Gasteiger partial charge is 0.362 e. The maximum absolute atomic E-state index is 11.5. The van der Waals surface area contributed by atoms with Crippen molar-refractivity contribution in [1.29, 1.82) is 0 Å². The number of guanidine groups is 1. The molecule has 0 amide bonds. The molecule has 27 heavy (non-hydrogen) atoms. The molecule has 0 saturated heterocycles. The van der Waals surface area contributed by atoms with Crippen LogP contribution in [0, 0.1) is 0 Å². The molecule has 0 atom stereocenters. The smallest absolute Gasteiger partial charge is 0.191 e. The van der Waals surface area contributed by atoms with Gasteiger partial charge in [-0.2, -0.15) is 0 Å². The number of rotatable bonds is 7. The highest BCUT2D eigenvalue weighted by Gasteiger charge is 2.07. The van der Waals surface area contributed by atoms with E-state index in [1.165, 1.54) is 6.26 Å². The molecule has 0 saturated carbocycles. The molecule has 1 heterocycles. The van der Waals surface area contributed by atoms with Crippen LogP contribution in [0.1, 0.15) is 11.1 Å². The van der Waals surface area contributed by atoms with Crippen LogP contribution in [-0.4, -0.2) is 53.3 Å². The van der Waals surface area contributed by atoms with Crippen molar-refractivity contribution < 1.29 is 8.42 Å². The lowest BCUT2D eigenvalue weighted by atomic mass is 10.1. The van der Waals surface area contributed by atoms with Gasteiger partial charge in [0.15, 0.2) is 15.8 Å². The summed E-state index contributed by atoms with van der Waals surface area (Å²) in [6.45, 7) is 1.30. The number of aromatic nitrogens is 1. The molecule has 0 bridgehead atoms. The van der Waals surface area contributed by atoms with Crippen LogP contribution in [0.15, 0.2) is 52.5 Å². The first-order valence-corrected chi connectivity index (χ1v) is 10.5. The number of hydrogen-bond donors (Lipinski definition) is 2. The van der Waals surface area contributed by atoms with Crippen molar-refractivity contribution in [1.82, 2.24) is 15.6 Å². The van der Waals surface area contributed by atoms with E-state index in [9.17, 15) is 8.42 Å². The topological polar surface area (TPSA) is 86.7 Å². The number of nitrogens with zero attached hydrogens (tertiary/aromatic N) is 3. The van der Waals surface area contributed by atoms with E-state index in [1.807, 2.05) is 43.3 Å². The fourth-order valence-electron chi connectivity index (χ4n) is 2.60. The summed E-state index contributed by atoms with van der Waals surface area (Å²) in [5, 5.41) is 6.56. The molecule has 0 fully saturated rings. The zero-order valence-electron chi connectivity index (χ0n) is 16.2. The Balaban J connectivity index is 1.86. The highest BCUT2D eigenvalue weighted by molar-refractivity contribution is 7.90. The molecular formula is C19H27N5O2S. The van der Waals surface area contributed by atoms with Gasteiger partial charge in [-0.15, -0.1) is 0 Å². The van der Waals surface area contributed by atoms with Crippen LogP contribution >= 0.6 is 0 Å². The third-order valence-corrected chi connectivity index (χ3v) is 5.15. The Morgan fingerprint density at radius 1 is 1.15 bits per heavy atom. The van der Waals surface area contributed by atoms with Crippen molar-refractivity contribution in [2.24, 2.45) is 4.99 Å². The SMILES string of the molecule is CN=C(NCCc1ccc(S(C)(=O)=O)cc1)NCc1cccnc1N(C)C. The number of aliphatic imine (C=N–C) groups is 1. The van der Waals surface area contributed by atoms with Crippen LogP contribution in [0.3, 0.4) is 0 Å². The van der Waals surface area contributed by atoms with Crippen molar-refractivity contribution >= 4 is 21.6 Å². The predicted molar refractivity (Wildman–Crippen MR) is 110 cm³/mol. The molecule has 2 rings (SSSR count). The number of sulfone groups is 1. The second-order valence-corrected chi connectivity index (χ2v) is 8.41. The Hall–Kier alpha value is -2.61. The van der Waals surface area contributed by atoms with Gasteiger partial charge in [0.05, 0.1) is 4.90 Å². The molecule has 0 aliphatic rings. The molecule has 2 aromatic rings. The van der Waals surface area contributed by atoms with Gasteiger partial charge in [-0.1, -0.05) is 18.2 Å². The molecular weight excluding hydrogens is 362 g/mol. The molecule has 7 nitrogen and oxygen atoms in total. The zero-order chi connectivity index (χ0) is 19.9. The summed E-state index contributed by atoms with van der Waals surface area (Å²) in [6, 6.07) is 10.9. The summed E-state index contributed by atoms with van der Waals surface area (Å²) in [4.78, 5) is 10.9. The van der Waals surface area contributed by atoms with E-state index in [1.54, 1.807) is 25.4 Å². The molecule has 8 heteroatoms. The van der Waals surface area contributed by atoms with Crippen LogP contribution in [0.5, 0.6) is 0 Å². The molecule has 0 aliphatic carbocycles. The lowest BCUT2D eigenvalue weighted by molar-refractivity contribution is 0.602. The minimum atomic E-state index is -3.15. The number of benzene rings is 1. The molecule has 2 N–H and O–H groups in total. The van der Waals surface area contributed by atoms with Crippen molar-refractivity contribution in [3.63, 3.8) is 0 Å². The highest BCUT2D eigenvalue weighted by Crippen LogP contribution is 2.13. The first kappa shape index (κ1) is 20.7. The average Bonchev–Trinajstić information content (AvgIpc) is 2.64. The van der Waals surface area contributed by atoms with Gasteiger partial charge in [0.25, 0.3) is 0 Å². The monoisotopic (exact) mass is 389 g/mol. The van der Waals surface area contributed by atoms with Gasteiger partial charge in [-0.3, -0.25) is 4.99 Å². The van der Waals surface area contributed by atoms with Gasteiger partial charge in [0, 0.05) is 52.2 Å². The first-order chi connectivity index (χ1) is 12.8. The van der Waals surface area contributed by atoms with Gasteiger partial charge < -0.3 is 15.5 Å². The third kappa shape index (κ3) is 6.25. The Morgan fingerprint density at radius 2 is 1.85 bits per heavy atom. The third-order valence-electron chi connectivity index (χ3n) is 4.02. The number of anilines is 1. The molecule has 1 aromatic carbocycles. The zero-order valence-corrected chi connectivity index (χ0v) is 17.0. The second-order valence-electron chi connectivity index (χ2n) is 6.40. The summed E-state index contributed by atoms with van der Waals surface area (Å²) in [6.07, 6.45) is 3.75. The van der Waals surface area contributed by atoms with Gasteiger partial charge in [0.2, 0.25) is 0 Å². The summed E-state index contributed by atoms with van der Waals surface area (Å²) >= 11 is 0. The van der Waals surface area contributed by atoms with E-state index < -0.39 is 9.84 Å². The Labute approximate surface area is 161 Å². The lowest BCUT2D eigenvalue weighted by Crippen LogP contribution is -2.38. The maximum Gasteiger partial charge on any atom is 0.191 e. The van der Waals surface area contributed by atoms with E-state index >= 15 is 0 Å². The summed E-state index contributed by atoms with van der Waals surface area (Å²) in [5.74, 6) is 1.63. The standard InChI is InChI=1S/C19H27N5O2S/c1-20-19(23-14-16-6-5-12-21-18(16)24(2)3)22-13-11-15-7-9-17(10-8-15)27(4,25)26/h5-10,12H,11,13-14H2,1-4H3,(H2,20,22,23). The van der Waals surface area contributed by atoms with E-state index in [0.29, 0.717) is 23.9 Å². The molecule has 146 valence electrons. The minimum absolute atomic E-state index is 0.338. The number of nitrogens with one attached hydrogen (secondary N) is 2. The van der Waals surface area contributed by atoms with Gasteiger partial charge in [-0.05, 0) is 30.2 Å². The van der Waals surface area contributed by atoms with Crippen LogP contribution < -0.4 is 15.5 Å². The fourth-order valence-corrected chi connectivity index (χ4v) is 3.23. The Morgan fingerprint density at radius 3 is 2.44 bits per heavy atom. The van der Waals surface area contributed by atoms with Crippen molar-refractivity contribution in [2.75, 3.05) is 38.8 Å². The molecule has 1 aromatic heterocycles. The van der Waals surface area contributed by atoms with Crippen LogP contribution in [0.25, 0.3) is 0 Å². The fraction of sp³-hybridized carbons (Fsp3) is 0.368. The maximum atomic E-state index is 11.5. The summed E-state index contributed by atoms with van der Waals surface area (Å²) in [7, 11) is 2.51. The highest BCUT2D eigenvalue weighted by atomic mass is 32.2.